The standard InChI is InChI=1S/C30H61NO4/c1-5-28(24-26(3)32)34-30(35-29(6-2)25-27(4)33)22-20-18-16-14-12-10-8-7-9-11-13-15-17-19-21-23-31/h7-8,26-30,32-33H,5-6,9-25,31H2,1-4H3. The molecule has 0 aliphatic heterocycles. The average molecular weight is 500 g/mol. The van der Waals surface area contributed by atoms with Gasteiger partial charge >= 0.3 is 0 Å². The number of unbranched alkanes of at least 4 members (excludes halogenated alkanes) is 11. The van der Waals surface area contributed by atoms with E-state index in [1.165, 1.54) is 77.0 Å². The highest BCUT2D eigenvalue weighted by molar-refractivity contribution is 4.81. The maximum absolute atomic E-state index is 9.78. The van der Waals surface area contributed by atoms with Gasteiger partial charge < -0.3 is 25.4 Å². The molecule has 0 spiro atoms. The Balaban J connectivity index is 4.06. The highest BCUT2D eigenvalue weighted by Crippen LogP contribution is 2.20. The van der Waals surface area contributed by atoms with E-state index in [1.54, 1.807) is 0 Å². The largest absolute Gasteiger partial charge is 0.393 e. The fraction of sp³-hybridized carbons (Fsp3) is 0.933. The minimum absolute atomic E-state index is 0.00648. The van der Waals surface area contributed by atoms with Crippen LogP contribution < -0.4 is 5.73 Å². The summed E-state index contributed by atoms with van der Waals surface area (Å²) in [6, 6.07) is 0. The highest BCUT2D eigenvalue weighted by Gasteiger charge is 2.21. The molecule has 0 aromatic rings. The average Bonchev–Trinajstić information content (AvgIpc) is 2.82. The van der Waals surface area contributed by atoms with E-state index in [0.29, 0.717) is 12.8 Å². The van der Waals surface area contributed by atoms with Crippen molar-refractivity contribution in [1.82, 2.24) is 0 Å². The Labute approximate surface area is 218 Å². The second-order valence-electron chi connectivity index (χ2n) is 10.4. The van der Waals surface area contributed by atoms with Crippen molar-refractivity contribution in [3.63, 3.8) is 0 Å². The first-order valence-corrected chi connectivity index (χ1v) is 14.9. The number of aliphatic hydroxyl groups is 2. The molecule has 0 aromatic heterocycles. The maximum atomic E-state index is 9.78. The van der Waals surface area contributed by atoms with Crippen molar-refractivity contribution in [2.45, 2.75) is 174 Å². The second kappa shape index (κ2) is 25.2. The van der Waals surface area contributed by atoms with E-state index in [-0.39, 0.29) is 30.7 Å². The van der Waals surface area contributed by atoms with Gasteiger partial charge in [-0.25, -0.2) is 0 Å². The van der Waals surface area contributed by atoms with Gasteiger partial charge in [0.05, 0.1) is 24.4 Å². The summed E-state index contributed by atoms with van der Waals surface area (Å²) in [6.07, 6.45) is 23.9. The van der Waals surface area contributed by atoms with Crippen LogP contribution in [0, 0.1) is 0 Å². The van der Waals surface area contributed by atoms with Gasteiger partial charge in [0.1, 0.15) is 0 Å². The van der Waals surface area contributed by atoms with Crippen molar-refractivity contribution < 1.29 is 19.7 Å². The summed E-state index contributed by atoms with van der Waals surface area (Å²) in [4.78, 5) is 0. The highest BCUT2D eigenvalue weighted by atomic mass is 16.7. The van der Waals surface area contributed by atoms with E-state index in [0.717, 1.165) is 32.2 Å². The molecule has 0 aliphatic rings. The summed E-state index contributed by atoms with van der Waals surface area (Å²) >= 11 is 0. The summed E-state index contributed by atoms with van der Waals surface area (Å²) in [5, 5.41) is 19.6. The molecule has 0 saturated carbocycles. The van der Waals surface area contributed by atoms with Gasteiger partial charge in [0.15, 0.2) is 6.29 Å². The zero-order valence-electron chi connectivity index (χ0n) is 23.8. The van der Waals surface area contributed by atoms with Crippen molar-refractivity contribution in [2.24, 2.45) is 5.73 Å². The zero-order valence-corrected chi connectivity index (χ0v) is 23.8. The molecule has 5 heteroatoms. The summed E-state index contributed by atoms with van der Waals surface area (Å²) < 4.78 is 12.5. The lowest BCUT2D eigenvalue weighted by Crippen LogP contribution is -2.31. The number of rotatable bonds is 26. The summed E-state index contributed by atoms with van der Waals surface area (Å²) in [7, 11) is 0. The maximum Gasteiger partial charge on any atom is 0.158 e. The van der Waals surface area contributed by atoms with Crippen LogP contribution in [0.25, 0.3) is 0 Å². The van der Waals surface area contributed by atoms with Gasteiger partial charge in [0.2, 0.25) is 0 Å². The van der Waals surface area contributed by atoms with E-state index in [2.05, 4.69) is 26.0 Å². The number of hydrogen-bond acceptors (Lipinski definition) is 5. The third-order valence-corrected chi connectivity index (χ3v) is 6.61. The fourth-order valence-corrected chi connectivity index (χ4v) is 4.45. The minimum atomic E-state index is -0.374. The SMILES string of the molecule is CCC(CC(C)O)OC(CCCCCCCC=CCCCCCCCCN)OC(CC)CC(C)O. The normalized spacial score (nSPS) is 16.4. The van der Waals surface area contributed by atoms with Crippen LogP contribution in [-0.4, -0.2) is 47.5 Å². The number of allylic oxidation sites excluding steroid dienone is 2. The Hall–Kier alpha value is -0.460. The number of ether oxygens (including phenoxy) is 2. The second-order valence-corrected chi connectivity index (χ2v) is 10.4. The van der Waals surface area contributed by atoms with Gasteiger partial charge in [0.25, 0.3) is 0 Å². The number of aliphatic hydroxyl groups excluding tert-OH is 2. The van der Waals surface area contributed by atoms with Crippen LogP contribution in [0.5, 0.6) is 0 Å². The quantitative estimate of drug-likeness (QED) is 0.0655. The molecule has 210 valence electrons. The molecule has 35 heavy (non-hydrogen) atoms. The monoisotopic (exact) mass is 499 g/mol. The molecular formula is C30H61NO4. The summed E-state index contributed by atoms with van der Waals surface area (Å²) in [5.41, 5.74) is 5.53. The van der Waals surface area contributed by atoms with Crippen molar-refractivity contribution >= 4 is 0 Å². The van der Waals surface area contributed by atoms with E-state index in [9.17, 15) is 10.2 Å². The molecule has 0 saturated heterocycles. The molecule has 0 bridgehead atoms. The predicted octanol–water partition coefficient (Wildman–Crippen LogP) is 7.42. The molecule has 4 N–H and O–H groups in total. The predicted molar refractivity (Wildman–Crippen MR) is 150 cm³/mol. The molecule has 0 amide bonds. The number of nitrogens with two attached hydrogens (primary N) is 1. The first-order valence-electron chi connectivity index (χ1n) is 14.9. The summed E-state index contributed by atoms with van der Waals surface area (Å²) in [6.45, 7) is 8.64. The van der Waals surface area contributed by atoms with E-state index >= 15 is 0 Å². The molecule has 0 fully saturated rings. The zero-order chi connectivity index (χ0) is 26.2. The lowest BCUT2D eigenvalue weighted by molar-refractivity contribution is -0.206. The fourth-order valence-electron chi connectivity index (χ4n) is 4.45. The van der Waals surface area contributed by atoms with Crippen molar-refractivity contribution in [3.05, 3.63) is 12.2 Å². The Morgan fingerprint density at radius 3 is 1.43 bits per heavy atom. The van der Waals surface area contributed by atoms with Gasteiger partial charge in [-0.3, -0.25) is 0 Å². The molecule has 0 rings (SSSR count). The van der Waals surface area contributed by atoms with Crippen molar-refractivity contribution in [2.75, 3.05) is 6.54 Å². The third-order valence-electron chi connectivity index (χ3n) is 6.61. The smallest absolute Gasteiger partial charge is 0.158 e. The molecule has 0 aromatic carbocycles. The Morgan fingerprint density at radius 1 is 0.629 bits per heavy atom. The minimum Gasteiger partial charge on any atom is -0.393 e. The lowest BCUT2D eigenvalue weighted by Gasteiger charge is -2.29. The van der Waals surface area contributed by atoms with Crippen LogP contribution in [0.3, 0.4) is 0 Å². The summed E-state index contributed by atoms with van der Waals surface area (Å²) in [5.74, 6) is 0. The molecule has 4 unspecified atom stereocenters. The van der Waals surface area contributed by atoms with Gasteiger partial charge in [0, 0.05) is 0 Å². The Morgan fingerprint density at radius 2 is 1.03 bits per heavy atom. The van der Waals surface area contributed by atoms with Crippen molar-refractivity contribution in [3.8, 4) is 0 Å². The molecule has 5 nitrogen and oxygen atoms in total. The number of hydrogen-bond donors (Lipinski definition) is 3. The van der Waals surface area contributed by atoms with Crippen LogP contribution >= 0.6 is 0 Å². The lowest BCUT2D eigenvalue weighted by atomic mass is 10.1. The molecule has 0 radical (unpaired) electrons. The van der Waals surface area contributed by atoms with Crippen molar-refractivity contribution in [1.29, 1.82) is 0 Å². The molecule has 0 heterocycles. The topological polar surface area (TPSA) is 84.9 Å². The van der Waals surface area contributed by atoms with Gasteiger partial charge in [-0.15, -0.1) is 0 Å². The van der Waals surface area contributed by atoms with Gasteiger partial charge in [-0.05, 0) is 91.0 Å². The first kappa shape index (κ1) is 34.5. The molecule has 0 aliphatic carbocycles. The van der Waals surface area contributed by atoms with Crippen LogP contribution in [0.15, 0.2) is 12.2 Å². The van der Waals surface area contributed by atoms with Crippen LogP contribution in [0.1, 0.15) is 143 Å². The molecular weight excluding hydrogens is 438 g/mol. The van der Waals surface area contributed by atoms with Crippen LogP contribution in [-0.2, 0) is 9.47 Å². The van der Waals surface area contributed by atoms with Gasteiger partial charge in [-0.2, -0.15) is 0 Å². The van der Waals surface area contributed by atoms with E-state index < -0.39 is 0 Å². The van der Waals surface area contributed by atoms with Gasteiger partial charge in [-0.1, -0.05) is 70.9 Å². The third kappa shape index (κ3) is 23.7. The van der Waals surface area contributed by atoms with Crippen LogP contribution in [0.2, 0.25) is 0 Å². The first-order chi connectivity index (χ1) is 16.9. The van der Waals surface area contributed by atoms with Crippen LogP contribution in [0.4, 0.5) is 0 Å². The van der Waals surface area contributed by atoms with E-state index in [1.807, 2.05) is 13.8 Å². The van der Waals surface area contributed by atoms with E-state index in [4.69, 9.17) is 15.2 Å². The molecule has 4 atom stereocenters. The Bertz CT molecular complexity index is 436. The Kier molecular flexibility index (Phi) is 24.9.